The Balaban J connectivity index is 1.68. The van der Waals surface area contributed by atoms with Crippen LogP contribution in [-0.2, 0) is 17.8 Å². The van der Waals surface area contributed by atoms with Crippen LogP contribution in [0, 0.1) is 5.92 Å². The highest BCUT2D eigenvalue weighted by Gasteiger charge is 2.24. The lowest BCUT2D eigenvalue weighted by atomic mass is 9.98. The summed E-state index contributed by atoms with van der Waals surface area (Å²) in [5, 5.41) is 2.96. The lowest BCUT2D eigenvalue weighted by Gasteiger charge is -2.23. The fourth-order valence-corrected chi connectivity index (χ4v) is 2.53. The first-order chi connectivity index (χ1) is 9.76. The van der Waals surface area contributed by atoms with Gasteiger partial charge in [-0.3, -0.25) is 4.79 Å². The molecule has 1 N–H and O–H groups in total. The lowest BCUT2D eigenvalue weighted by molar-refractivity contribution is -0.120. The fraction of sp³-hybridized carbons (Fsp3) is 0.333. The molecule has 0 unspecified atom stereocenters. The zero-order valence-electron chi connectivity index (χ0n) is 11.4. The van der Waals surface area contributed by atoms with Crippen molar-refractivity contribution in [2.45, 2.75) is 19.4 Å². The normalized spacial score (nSPS) is 17.4. The molecule has 1 aromatic carbocycles. The van der Waals surface area contributed by atoms with Crippen LogP contribution in [-0.4, -0.2) is 22.6 Å². The summed E-state index contributed by atoms with van der Waals surface area (Å²) in [6.45, 7) is 0.700. The maximum absolute atomic E-state index is 12.3. The van der Waals surface area contributed by atoms with Crippen LogP contribution < -0.4 is 10.1 Å². The van der Waals surface area contributed by atoms with Gasteiger partial charge in [-0.05, 0) is 18.6 Å². The van der Waals surface area contributed by atoms with Crippen molar-refractivity contribution in [3.63, 3.8) is 0 Å². The predicted molar refractivity (Wildman–Crippen MR) is 75.7 cm³/mol. The van der Waals surface area contributed by atoms with Gasteiger partial charge in [-0.1, -0.05) is 6.07 Å². The van der Waals surface area contributed by atoms with E-state index in [0.29, 0.717) is 6.54 Å². The molecule has 2 aromatic rings. The number of nitrogens with zero attached hydrogens (tertiary/aromatic N) is 2. The number of carbonyl (C=O) groups is 1. The summed E-state index contributed by atoms with van der Waals surface area (Å²) in [6.07, 6.45) is 5.41. The molecule has 104 valence electrons. The standard InChI is InChI=1S/C15H17N3O2/c1-20-13-4-2-3-12(9-13)17-15(19)11-5-6-14-16-7-8-18(14)10-11/h2-4,7-9,11H,5-6,10H2,1H3,(H,17,19)/t11-/m1/s1. The van der Waals surface area contributed by atoms with Crippen LogP contribution in [0.4, 0.5) is 5.69 Å². The number of nitrogens with one attached hydrogen (secondary N) is 1. The van der Waals surface area contributed by atoms with E-state index in [1.54, 1.807) is 13.3 Å². The van der Waals surface area contributed by atoms with Crippen molar-refractivity contribution in [1.29, 1.82) is 0 Å². The van der Waals surface area contributed by atoms with Crippen molar-refractivity contribution in [2.24, 2.45) is 5.92 Å². The molecule has 0 radical (unpaired) electrons. The van der Waals surface area contributed by atoms with Gasteiger partial charge in [0.25, 0.3) is 0 Å². The van der Waals surface area contributed by atoms with Crippen molar-refractivity contribution in [3.8, 4) is 5.75 Å². The molecule has 0 fully saturated rings. The highest BCUT2D eigenvalue weighted by molar-refractivity contribution is 5.92. The number of anilines is 1. The molecule has 0 bridgehead atoms. The third-order valence-electron chi connectivity index (χ3n) is 3.64. The van der Waals surface area contributed by atoms with Crippen LogP contribution >= 0.6 is 0 Å². The number of benzene rings is 1. The Morgan fingerprint density at radius 3 is 3.25 bits per heavy atom. The fourth-order valence-electron chi connectivity index (χ4n) is 2.53. The largest absolute Gasteiger partial charge is 0.497 e. The minimum atomic E-state index is -0.0112. The van der Waals surface area contributed by atoms with E-state index in [1.165, 1.54) is 0 Å². The number of rotatable bonds is 3. The number of hydrogen-bond donors (Lipinski definition) is 1. The first-order valence-electron chi connectivity index (χ1n) is 6.71. The predicted octanol–water partition coefficient (Wildman–Crippen LogP) is 2.09. The van der Waals surface area contributed by atoms with E-state index in [9.17, 15) is 4.79 Å². The smallest absolute Gasteiger partial charge is 0.229 e. The Kier molecular flexibility index (Phi) is 3.41. The minimum absolute atomic E-state index is 0.0112. The van der Waals surface area contributed by atoms with Gasteiger partial charge in [0, 0.05) is 37.1 Å². The molecule has 0 spiro atoms. The van der Waals surface area contributed by atoms with Crippen LogP contribution in [0.3, 0.4) is 0 Å². The molecule has 1 amide bonds. The number of carbonyl (C=O) groups excluding carboxylic acids is 1. The molecule has 0 aliphatic carbocycles. The number of imidazole rings is 1. The third-order valence-corrected chi connectivity index (χ3v) is 3.64. The zero-order valence-corrected chi connectivity index (χ0v) is 11.4. The minimum Gasteiger partial charge on any atom is -0.497 e. The number of aromatic nitrogens is 2. The van der Waals surface area contributed by atoms with Gasteiger partial charge in [0.15, 0.2) is 0 Å². The van der Waals surface area contributed by atoms with Gasteiger partial charge in [0.05, 0.1) is 13.0 Å². The Hall–Kier alpha value is -2.30. The van der Waals surface area contributed by atoms with E-state index < -0.39 is 0 Å². The molecule has 1 atom stereocenters. The maximum Gasteiger partial charge on any atom is 0.229 e. The molecule has 1 aromatic heterocycles. The molecule has 0 saturated heterocycles. The lowest BCUT2D eigenvalue weighted by Crippen LogP contribution is -2.31. The van der Waals surface area contributed by atoms with Gasteiger partial charge in [0.2, 0.25) is 5.91 Å². The summed E-state index contributed by atoms with van der Waals surface area (Å²) in [5.74, 6) is 1.85. The molecular weight excluding hydrogens is 254 g/mol. The second-order valence-corrected chi connectivity index (χ2v) is 4.95. The van der Waals surface area contributed by atoms with E-state index in [1.807, 2.05) is 30.5 Å². The van der Waals surface area contributed by atoms with Crippen LogP contribution in [0.5, 0.6) is 5.75 Å². The van der Waals surface area contributed by atoms with E-state index in [0.717, 1.165) is 30.1 Å². The Labute approximate surface area is 117 Å². The summed E-state index contributed by atoms with van der Waals surface area (Å²) < 4.78 is 7.21. The first kappa shape index (κ1) is 12.7. The average Bonchev–Trinajstić information content (AvgIpc) is 2.94. The summed E-state index contributed by atoms with van der Waals surface area (Å²) in [6, 6.07) is 7.41. The SMILES string of the molecule is COc1cccc(NC(=O)[C@@H]2CCc3nccn3C2)c1. The van der Waals surface area contributed by atoms with Crippen LogP contribution in [0.25, 0.3) is 0 Å². The monoisotopic (exact) mass is 271 g/mol. The van der Waals surface area contributed by atoms with E-state index in [-0.39, 0.29) is 11.8 Å². The van der Waals surface area contributed by atoms with Gasteiger partial charge in [-0.15, -0.1) is 0 Å². The Morgan fingerprint density at radius 2 is 2.40 bits per heavy atom. The van der Waals surface area contributed by atoms with Crippen LogP contribution in [0.1, 0.15) is 12.2 Å². The number of fused-ring (bicyclic) bond motifs is 1. The van der Waals surface area contributed by atoms with Crippen molar-refractivity contribution in [1.82, 2.24) is 9.55 Å². The number of hydrogen-bond acceptors (Lipinski definition) is 3. The zero-order chi connectivity index (χ0) is 13.9. The second kappa shape index (κ2) is 5.36. The molecule has 5 heteroatoms. The summed E-state index contributed by atoms with van der Waals surface area (Å²) in [4.78, 5) is 16.6. The number of ether oxygens (including phenoxy) is 1. The highest BCUT2D eigenvalue weighted by atomic mass is 16.5. The third kappa shape index (κ3) is 2.52. The van der Waals surface area contributed by atoms with Crippen molar-refractivity contribution in [3.05, 3.63) is 42.5 Å². The van der Waals surface area contributed by atoms with E-state index >= 15 is 0 Å². The molecular formula is C15H17N3O2. The van der Waals surface area contributed by atoms with Gasteiger partial charge in [-0.2, -0.15) is 0 Å². The number of methoxy groups -OCH3 is 1. The molecule has 5 nitrogen and oxygen atoms in total. The van der Waals surface area contributed by atoms with Gasteiger partial charge < -0.3 is 14.6 Å². The molecule has 0 saturated carbocycles. The molecule has 2 heterocycles. The van der Waals surface area contributed by atoms with E-state index in [4.69, 9.17) is 4.74 Å². The summed E-state index contributed by atoms with van der Waals surface area (Å²) in [7, 11) is 1.61. The highest BCUT2D eigenvalue weighted by Crippen LogP contribution is 2.22. The maximum atomic E-state index is 12.3. The van der Waals surface area contributed by atoms with Crippen molar-refractivity contribution < 1.29 is 9.53 Å². The van der Waals surface area contributed by atoms with Gasteiger partial charge in [-0.25, -0.2) is 4.98 Å². The first-order valence-corrected chi connectivity index (χ1v) is 6.71. The summed E-state index contributed by atoms with van der Waals surface area (Å²) >= 11 is 0. The van der Waals surface area contributed by atoms with Gasteiger partial charge in [0.1, 0.15) is 11.6 Å². The topological polar surface area (TPSA) is 56.1 Å². The average molecular weight is 271 g/mol. The van der Waals surface area contributed by atoms with Crippen molar-refractivity contribution >= 4 is 11.6 Å². The molecule has 3 rings (SSSR count). The number of amides is 1. The molecule has 1 aliphatic heterocycles. The van der Waals surface area contributed by atoms with E-state index in [2.05, 4.69) is 14.9 Å². The molecule has 1 aliphatic rings. The molecule has 20 heavy (non-hydrogen) atoms. The number of aryl methyl sites for hydroxylation is 1. The Morgan fingerprint density at radius 1 is 1.50 bits per heavy atom. The second-order valence-electron chi connectivity index (χ2n) is 4.95. The van der Waals surface area contributed by atoms with Gasteiger partial charge >= 0.3 is 0 Å². The van der Waals surface area contributed by atoms with Crippen LogP contribution in [0.15, 0.2) is 36.7 Å². The quantitative estimate of drug-likeness (QED) is 0.930. The summed E-state index contributed by atoms with van der Waals surface area (Å²) in [5.41, 5.74) is 0.769. The van der Waals surface area contributed by atoms with Crippen LogP contribution in [0.2, 0.25) is 0 Å². The van der Waals surface area contributed by atoms with Crippen molar-refractivity contribution in [2.75, 3.05) is 12.4 Å². The Bertz CT molecular complexity index is 621.